The quantitative estimate of drug-likeness (QED) is 0.477. The van der Waals surface area contributed by atoms with Gasteiger partial charge in [-0.05, 0) is 30.7 Å². The van der Waals surface area contributed by atoms with Crippen molar-refractivity contribution in [2.45, 2.75) is 32.1 Å². The van der Waals surface area contributed by atoms with Crippen LogP contribution in [0, 0.1) is 0 Å². The number of rotatable bonds is 1. The molecule has 1 aromatic carbocycles. The second kappa shape index (κ2) is 5.56. The fraction of sp³-hybridized carbons (Fsp3) is 0.250. The Kier molecular flexibility index (Phi) is 3.42. The molecule has 0 unspecified atom stereocenters. The number of hydrogen-bond donors (Lipinski definition) is 2. The second-order valence-corrected chi connectivity index (χ2v) is 7.44. The van der Waals surface area contributed by atoms with Crippen LogP contribution in [0.5, 0.6) is 5.75 Å². The summed E-state index contributed by atoms with van der Waals surface area (Å²) in [5, 5.41) is 21.5. The van der Waals surface area contributed by atoms with Crippen LogP contribution in [-0.2, 0) is 28.3 Å². The van der Waals surface area contributed by atoms with Gasteiger partial charge in [-0.25, -0.2) is 9.78 Å². The summed E-state index contributed by atoms with van der Waals surface area (Å²) in [6.07, 6.45) is 0.0919. The first kappa shape index (κ1) is 17.2. The van der Waals surface area contributed by atoms with E-state index in [-0.39, 0.29) is 47.0 Å². The van der Waals surface area contributed by atoms with Crippen LogP contribution in [0.25, 0.3) is 22.3 Å². The third kappa shape index (κ3) is 2.05. The third-order valence-electron chi connectivity index (χ3n) is 5.61. The van der Waals surface area contributed by atoms with Crippen LogP contribution in [0.2, 0.25) is 5.02 Å². The number of fused-ring (bicyclic) bond motifs is 5. The van der Waals surface area contributed by atoms with Gasteiger partial charge in [-0.1, -0.05) is 18.5 Å². The number of carbonyl (C=O) groups is 1. The molecule has 2 aliphatic rings. The van der Waals surface area contributed by atoms with Gasteiger partial charge in [0.1, 0.15) is 12.4 Å². The molecule has 0 radical (unpaired) electrons. The van der Waals surface area contributed by atoms with Crippen LogP contribution in [0.15, 0.2) is 29.1 Å². The van der Waals surface area contributed by atoms with E-state index in [1.807, 2.05) is 0 Å². The fourth-order valence-electron chi connectivity index (χ4n) is 4.01. The normalized spacial score (nSPS) is 19.9. The van der Waals surface area contributed by atoms with Crippen molar-refractivity contribution in [3.05, 3.63) is 56.3 Å². The Balaban J connectivity index is 1.80. The maximum Gasteiger partial charge on any atom is 0.343 e. The van der Waals surface area contributed by atoms with E-state index in [0.717, 1.165) is 5.56 Å². The molecule has 1 atom stereocenters. The number of hydrogen-bond acceptors (Lipinski definition) is 6. The number of phenols is 1. The number of esters is 1. The predicted molar refractivity (Wildman–Crippen MR) is 101 cm³/mol. The van der Waals surface area contributed by atoms with Crippen molar-refractivity contribution < 1.29 is 19.7 Å². The van der Waals surface area contributed by atoms with E-state index in [4.69, 9.17) is 16.3 Å². The number of benzene rings is 1. The van der Waals surface area contributed by atoms with E-state index < -0.39 is 11.6 Å². The Morgan fingerprint density at radius 2 is 2.11 bits per heavy atom. The van der Waals surface area contributed by atoms with Gasteiger partial charge in [-0.15, -0.1) is 0 Å². The largest absolute Gasteiger partial charge is 0.506 e. The smallest absolute Gasteiger partial charge is 0.343 e. The van der Waals surface area contributed by atoms with Gasteiger partial charge >= 0.3 is 5.97 Å². The number of halogens is 1. The standard InChI is InChI=1S/C20H15ClN2O5/c1-2-20(27)12-6-14-17-9(5-10-13(22-17)3-4-15(24)16(10)21)7-23(14)18(25)11(12)8-28-19(20)26/h3-6,24,27H,2,7-8H2,1H3/t20-/m0/s1. The molecule has 0 amide bonds. The van der Waals surface area contributed by atoms with Crippen molar-refractivity contribution in [3.8, 4) is 17.1 Å². The number of ether oxygens (including phenoxy) is 1. The van der Waals surface area contributed by atoms with Crippen molar-refractivity contribution >= 4 is 28.5 Å². The van der Waals surface area contributed by atoms with E-state index in [2.05, 4.69) is 4.98 Å². The highest BCUT2D eigenvalue weighted by Gasteiger charge is 2.45. The molecule has 0 aliphatic carbocycles. The van der Waals surface area contributed by atoms with Crippen LogP contribution in [0.1, 0.15) is 30.0 Å². The van der Waals surface area contributed by atoms with Gasteiger partial charge in [0, 0.05) is 16.5 Å². The van der Waals surface area contributed by atoms with Crippen LogP contribution < -0.4 is 5.56 Å². The zero-order valence-electron chi connectivity index (χ0n) is 14.8. The average Bonchev–Trinajstić information content (AvgIpc) is 3.05. The van der Waals surface area contributed by atoms with Crippen molar-refractivity contribution in [1.29, 1.82) is 0 Å². The highest BCUT2D eigenvalue weighted by atomic mass is 35.5. The molecule has 0 saturated heterocycles. The van der Waals surface area contributed by atoms with Crippen LogP contribution in [-0.4, -0.2) is 25.7 Å². The molecule has 0 fully saturated rings. The zero-order valence-corrected chi connectivity index (χ0v) is 15.6. The monoisotopic (exact) mass is 398 g/mol. The Morgan fingerprint density at radius 1 is 1.32 bits per heavy atom. The summed E-state index contributed by atoms with van der Waals surface area (Å²) in [5.74, 6) is -0.790. The Morgan fingerprint density at radius 3 is 2.86 bits per heavy atom. The van der Waals surface area contributed by atoms with E-state index in [9.17, 15) is 19.8 Å². The van der Waals surface area contributed by atoms with E-state index >= 15 is 0 Å². The lowest BCUT2D eigenvalue weighted by Gasteiger charge is -2.31. The fourth-order valence-corrected chi connectivity index (χ4v) is 4.22. The van der Waals surface area contributed by atoms with E-state index in [0.29, 0.717) is 22.3 Å². The Hall–Kier alpha value is -2.90. The maximum absolute atomic E-state index is 13.1. The molecular weight excluding hydrogens is 384 g/mol. The van der Waals surface area contributed by atoms with Crippen molar-refractivity contribution in [1.82, 2.24) is 9.55 Å². The van der Waals surface area contributed by atoms with Crippen molar-refractivity contribution in [2.24, 2.45) is 0 Å². The van der Waals surface area contributed by atoms with Crippen LogP contribution >= 0.6 is 11.6 Å². The number of phenolic OH excluding ortho intramolecular Hbond substituents is 1. The molecule has 0 bridgehead atoms. The molecule has 2 aromatic heterocycles. The molecule has 5 rings (SSSR count). The first-order chi connectivity index (χ1) is 13.3. The van der Waals surface area contributed by atoms with Crippen molar-refractivity contribution in [3.63, 3.8) is 0 Å². The molecule has 0 spiro atoms. The number of nitrogens with zero attached hydrogens (tertiary/aromatic N) is 2. The number of aromatic nitrogens is 2. The zero-order chi connectivity index (χ0) is 19.8. The minimum atomic E-state index is -1.85. The van der Waals surface area contributed by atoms with Crippen LogP contribution in [0.3, 0.4) is 0 Å². The summed E-state index contributed by atoms with van der Waals surface area (Å²) in [6.45, 7) is 1.78. The van der Waals surface area contributed by atoms with Gasteiger partial charge in [0.2, 0.25) is 0 Å². The minimum absolute atomic E-state index is 0.0391. The molecule has 0 saturated carbocycles. The summed E-state index contributed by atoms with van der Waals surface area (Å²) in [6, 6.07) is 6.58. The maximum atomic E-state index is 13.1. The number of aromatic hydroxyl groups is 1. The molecule has 7 nitrogen and oxygen atoms in total. The third-order valence-corrected chi connectivity index (χ3v) is 6.00. The minimum Gasteiger partial charge on any atom is -0.506 e. The topological polar surface area (TPSA) is 102 Å². The Bertz CT molecular complexity index is 1270. The number of aliphatic hydroxyl groups is 1. The summed E-state index contributed by atoms with van der Waals surface area (Å²) >= 11 is 6.20. The highest BCUT2D eigenvalue weighted by Crippen LogP contribution is 2.40. The summed E-state index contributed by atoms with van der Waals surface area (Å²) in [5.41, 5.74) is 0.858. The van der Waals surface area contributed by atoms with Gasteiger partial charge in [0.05, 0.1) is 34.0 Å². The van der Waals surface area contributed by atoms with Crippen LogP contribution in [0.4, 0.5) is 0 Å². The number of pyridine rings is 2. The van der Waals surface area contributed by atoms with Gasteiger partial charge in [-0.3, -0.25) is 4.79 Å². The molecule has 28 heavy (non-hydrogen) atoms. The van der Waals surface area contributed by atoms with Gasteiger partial charge in [0.15, 0.2) is 5.60 Å². The lowest BCUT2D eigenvalue weighted by Crippen LogP contribution is -2.44. The molecule has 8 heteroatoms. The predicted octanol–water partition coefficient (Wildman–Crippen LogP) is 2.44. The van der Waals surface area contributed by atoms with E-state index in [1.165, 1.54) is 6.07 Å². The molecule has 142 valence electrons. The van der Waals surface area contributed by atoms with Crippen molar-refractivity contribution in [2.75, 3.05) is 0 Å². The van der Waals surface area contributed by atoms with Gasteiger partial charge < -0.3 is 19.5 Å². The summed E-state index contributed by atoms with van der Waals surface area (Å²) < 4.78 is 6.61. The number of carbonyl (C=O) groups excluding carboxylic acids is 1. The van der Waals surface area contributed by atoms with Gasteiger partial charge in [0.25, 0.3) is 5.56 Å². The Labute approximate surface area is 163 Å². The molecule has 3 aromatic rings. The summed E-state index contributed by atoms with van der Waals surface area (Å²) in [4.78, 5) is 29.9. The molecular formula is C20H15ClN2O5. The highest BCUT2D eigenvalue weighted by molar-refractivity contribution is 6.36. The lowest BCUT2D eigenvalue weighted by atomic mass is 9.86. The number of cyclic esters (lactones) is 1. The molecule has 4 heterocycles. The molecule has 2 N–H and O–H groups in total. The average molecular weight is 399 g/mol. The SMILES string of the molecule is CC[C@@]1(O)C(=O)OCc2c1cc1n(c2=O)Cc2cc3c(Cl)c(O)ccc3nc2-1. The lowest BCUT2D eigenvalue weighted by molar-refractivity contribution is -0.172. The first-order valence-corrected chi connectivity index (χ1v) is 9.21. The molecule has 2 aliphatic heterocycles. The second-order valence-electron chi connectivity index (χ2n) is 7.06. The first-order valence-electron chi connectivity index (χ1n) is 8.83. The van der Waals surface area contributed by atoms with Gasteiger partial charge in [-0.2, -0.15) is 0 Å². The van der Waals surface area contributed by atoms with E-state index in [1.54, 1.807) is 29.7 Å². The summed E-state index contributed by atoms with van der Waals surface area (Å²) in [7, 11) is 0.